The van der Waals surface area contributed by atoms with Crippen molar-refractivity contribution in [3.05, 3.63) is 35.5 Å². The first-order valence-electron chi connectivity index (χ1n) is 5.74. The predicted octanol–water partition coefficient (Wildman–Crippen LogP) is 2.74. The Morgan fingerprint density at radius 2 is 2.17 bits per heavy atom. The number of H-pyrrole nitrogens is 1. The van der Waals surface area contributed by atoms with Crippen LogP contribution in [-0.4, -0.2) is 28.4 Å². The Kier molecular flexibility index (Phi) is 4.00. The van der Waals surface area contributed by atoms with Crippen molar-refractivity contribution in [2.45, 2.75) is 12.3 Å². The quantitative estimate of drug-likeness (QED) is 0.833. The monoisotopic (exact) mass is 282 g/mol. The van der Waals surface area contributed by atoms with E-state index in [-0.39, 0.29) is 23.6 Å². The molecule has 18 heavy (non-hydrogen) atoms. The van der Waals surface area contributed by atoms with Crippen LogP contribution in [0, 0.1) is 6.92 Å². The summed E-state index contributed by atoms with van der Waals surface area (Å²) in [7, 11) is 0. The Morgan fingerprint density at radius 3 is 2.89 bits per heavy atom. The molecule has 0 amide bonds. The second-order valence-electron chi connectivity index (χ2n) is 4.24. The molecular weight excluding hydrogens is 268 g/mol. The third kappa shape index (κ3) is 2.16. The van der Waals surface area contributed by atoms with Crippen molar-refractivity contribution in [2.75, 3.05) is 12.3 Å². The fourth-order valence-corrected chi connectivity index (χ4v) is 3.30. The lowest BCUT2D eigenvalue weighted by Crippen LogP contribution is -2.29. The molecule has 0 saturated carbocycles. The highest BCUT2D eigenvalue weighted by molar-refractivity contribution is 8.00. The number of nitrogens with one attached hydrogen (secondary N) is 2. The molecular formula is C13H15ClN2OS. The van der Waals surface area contributed by atoms with Gasteiger partial charge in [0.05, 0.1) is 0 Å². The molecule has 1 atom stereocenters. The van der Waals surface area contributed by atoms with E-state index in [1.165, 1.54) is 0 Å². The summed E-state index contributed by atoms with van der Waals surface area (Å²) in [4.78, 5) is 15.7. The van der Waals surface area contributed by atoms with Crippen molar-refractivity contribution >= 4 is 40.9 Å². The summed E-state index contributed by atoms with van der Waals surface area (Å²) in [6, 6.07) is 7.97. The average Bonchev–Trinajstić information content (AvgIpc) is 2.94. The first-order chi connectivity index (χ1) is 8.27. The van der Waals surface area contributed by atoms with Gasteiger partial charge >= 0.3 is 0 Å². The predicted molar refractivity (Wildman–Crippen MR) is 78.9 cm³/mol. The number of benzene rings is 1. The standard InChI is InChI=1S/C13H14N2OS.ClH/c1-8-11(12(16)13-14-6-7-17-13)9-4-2-3-5-10(9)15-8;/h2-5,13-15H,6-7H2,1H3;1H. The van der Waals surface area contributed by atoms with Crippen LogP contribution < -0.4 is 5.32 Å². The molecule has 3 rings (SSSR count). The largest absolute Gasteiger partial charge is 0.358 e. The SMILES string of the molecule is Cc1[nH]c2ccccc2c1C(=O)C1NCCS1.Cl. The third-order valence-corrected chi connectivity index (χ3v) is 4.25. The van der Waals surface area contributed by atoms with E-state index in [1.54, 1.807) is 11.8 Å². The molecule has 0 radical (unpaired) electrons. The van der Waals surface area contributed by atoms with Crippen LogP contribution in [0.3, 0.4) is 0 Å². The van der Waals surface area contributed by atoms with Crippen LogP contribution in [0.4, 0.5) is 0 Å². The molecule has 1 aromatic heterocycles. The summed E-state index contributed by atoms with van der Waals surface area (Å²) in [5.74, 6) is 1.21. The molecule has 0 aliphatic carbocycles. The van der Waals surface area contributed by atoms with Crippen LogP contribution in [0.15, 0.2) is 24.3 Å². The number of para-hydroxylation sites is 1. The van der Waals surface area contributed by atoms with Gasteiger partial charge in [0, 0.05) is 34.5 Å². The highest BCUT2D eigenvalue weighted by Crippen LogP contribution is 2.26. The lowest BCUT2D eigenvalue weighted by molar-refractivity contribution is 0.0983. The number of aryl methyl sites for hydroxylation is 1. The summed E-state index contributed by atoms with van der Waals surface area (Å²) in [6.45, 7) is 2.88. The fourth-order valence-electron chi connectivity index (χ4n) is 2.32. The van der Waals surface area contributed by atoms with Crippen molar-refractivity contribution in [3.63, 3.8) is 0 Å². The van der Waals surface area contributed by atoms with Crippen LogP contribution in [0.25, 0.3) is 10.9 Å². The van der Waals surface area contributed by atoms with Gasteiger partial charge < -0.3 is 4.98 Å². The van der Waals surface area contributed by atoms with Crippen LogP contribution in [0.1, 0.15) is 16.1 Å². The van der Waals surface area contributed by atoms with Gasteiger partial charge in [-0.25, -0.2) is 0 Å². The number of rotatable bonds is 2. The number of hydrogen-bond acceptors (Lipinski definition) is 3. The highest BCUT2D eigenvalue weighted by atomic mass is 35.5. The normalized spacial score (nSPS) is 18.8. The molecule has 1 unspecified atom stereocenters. The first-order valence-corrected chi connectivity index (χ1v) is 6.79. The zero-order chi connectivity index (χ0) is 11.8. The van der Waals surface area contributed by atoms with Gasteiger partial charge in [-0.05, 0) is 13.0 Å². The number of Topliss-reactive ketones (excluding diaryl/α,β-unsaturated/α-hetero) is 1. The number of halogens is 1. The van der Waals surface area contributed by atoms with Gasteiger partial charge in [0.1, 0.15) is 5.37 Å². The van der Waals surface area contributed by atoms with Crippen LogP contribution in [-0.2, 0) is 0 Å². The lowest BCUT2D eigenvalue weighted by Gasteiger charge is -2.08. The lowest BCUT2D eigenvalue weighted by atomic mass is 10.1. The maximum atomic E-state index is 12.4. The summed E-state index contributed by atoms with van der Waals surface area (Å²) in [6.07, 6.45) is 0. The fraction of sp³-hybridized carbons (Fsp3) is 0.308. The second-order valence-corrected chi connectivity index (χ2v) is 5.45. The average molecular weight is 283 g/mol. The van der Waals surface area contributed by atoms with Crippen LogP contribution >= 0.6 is 24.2 Å². The van der Waals surface area contributed by atoms with Gasteiger partial charge in [0.25, 0.3) is 0 Å². The third-order valence-electron chi connectivity index (χ3n) is 3.09. The van der Waals surface area contributed by atoms with Crippen LogP contribution in [0.2, 0.25) is 0 Å². The smallest absolute Gasteiger partial charge is 0.192 e. The van der Waals surface area contributed by atoms with E-state index < -0.39 is 0 Å². The highest BCUT2D eigenvalue weighted by Gasteiger charge is 2.27. The molecule has 2 heterocycles. The van der Waals surface area contributed by atoms with Gasteiger partial charge in [0.15, 0.2) is 5.78 Å². The Balaban J connectivity index is 0.00000120. The summed E-state index contributed by atoms with van der Waals surface area (Å²) in [5, 5.41) is 4.19. The summed E-state index contributed by atoms with van der Waals surface area (Å²) >= 11 is 1.69. The molecule has 5 heteroatoms. The van der Waals surface area contributed by atoms with E-state index in [0.29, 0.717) is 0 Å². The molecule has 1 fully saturated rings. The van der Waals surface area contributed by atoms with Crippen molar-refractivity contribution in [3.8, 4) is 0 Å². The number of hydrogen-bond donors (Lipinski definition) is 2. The summed E-state index contributed by atoms with van der Waals surface area (Å²) < 4.78 is 0. The van der Waals surface area contributed by atoms with Gasteiger partial charge in [0.2, 0.25) is 0 Å². The molecule has 1 aromatic carbocycles. The van der Waals surface area contributed by atoms with Crippen molar-refractivity contribution in [2.24, 2.45) is 0 Å². The Labute approximate surface area is 116 Å². The van der Waals surface area contributed by atoms with Gasteiger partial charge in [-0.3, -0.25) is 10.1 Å². The zero-order valence-corrected chi connectivity index (χ0v) is 11.7. The van der Waals surface area contributed by atoms with Gasteiger partial charge in [-0.15, -0.1) is 24.2 Å². The van der Waals surface area contributed by atoms with E-state index in [0.717, 1.165) is 34.5 Å². The molecule has 0 spiro atoms. The first kappa shape index (κ1) is 13.5. The zero-order valence-electron chi connectivity index (χ0n) is 10.0. The summed E-state index contributed by atoms with van der Waals surface area (Å²) in [5.41, 5.74) is 2.84. The molecule has 1 aliphatic rings. The number of ketones is 1. The maximum absolute atomic E-state index is 12.4. The molecule has 96 valence electrons. The number of aromatic amines is 1. The van der Waals surface area contributed by atoms with Gasteiger partial charge in [-0.2, -0.15) is 0 Å². The van der Waals surface area contributed by atoms with E-state index in [9.17, 15) is 4.79 Å². The maximum Gasteiger partial charge on any atom is 0.192 e. The molecule has 2 N–H and O–H groups in total. The topological polar surface area (TPSA) is 44.9 Å². The molecule has 0 bridgehead atoms. The Morgan fingerprint density at radius 1 is 1.39 bits per heavy atom. The Bertz CT molecular complexity index is 575. The molecule has 1 aliphatic heterocycles. The molecule has 3 nitrogen and oxygen atoms in total. The number of aromatic nitrogens is 1. The van der Waals surface area contributed by atoms with Crippen molar-refractivity contribution in [1.82, 2.24) is 10.3 Å². The van der Waals surface area contributed by atoms with Crippen molar-refractivity contribution < 1.29 is 4.79 Å². The van der Waals surface area contributed by atoms with Crippen molar-refractivity contribution in [1.29, 1.82) is 0 Å². The Hall–Kier alpha value is -0.970. The number of thioether (sulfide) groups is 1. The number of carbonyl (C=O) groups is 1. The minimum Gasteiger partial charge on any atom is -0.358 e. The minimum atomic E-state index is -0.0760. The second kappa shape index (κ2) is 5.34. The number of fused-ring (bicyclic) bond motifs is 1. The molecule has 2 aromatic rings. The van der Waals surface area contributed by atoms with Gasteiger partial charge in [-0.1, -0.05) is 18.2 Å². The van der Waals surface area contributed by atoms with E-state index >= 15 is 0 Å². The molecule has 1 saturated heterocycles. The number of carbonyl (C=O) groups excluding carboxylic acids is 1. The minimum absolute atomic E-state index is 0. The van der Waals surface area contributed by atoms with Crippen LogP contribution in [0.5, 0.6) is 0 Å². The van der Waals surface area contributed by atoms with E-state index in [1.807, 2.05) is 31.2 Å². The van der Waals surface area contributed by atoms with E-state index in [4.69, 9.17) is 0 Å². The van der Waals surface area contributed by atoms with E-state index in [2.05, 4.69) is 10.3 Å².